The van der Waals surface area contributed by atoms with E-state index in [0.29, 0.717) is 12.2 Å². The molecule has 2 aromatic carbocycles. The fraction of sp³-hybridized carbons (Fsp3) is 0.133. The highest BCUT2D eigenvalue weighted by Gasteiger charge is 2.05. The summed E-state index contributed by atoms with van der Waals surface area (Å²) in [5, 5.41) is 14.9. The number of rotatable bonds is 4. The largest absolute Gasteiger partial charge is 0.508 e. The number of anilines is 2. The lowest BCUT2D eigenvalue weighted by Crippen LogP contribution is -2.08. The summed E-state index contributed by atoms with van der Waals surface area (Å²) >= 11 is 0. The van der Waals surface area contributed by atoms with Crippen LogP contribution in [-0.2, 0) is 11.3 Å². The Bertz CT molecular complexity index is 629. The van der Waals surface area contributed by atoms with E-state index >= 15 is 0 Å². The van der Waals surface area contributed by atoms with Crippen LogP contribution in [-0.4, -0.2) is 11.0 Å². The molecule has 0 atom stereocenters. The minimum atomic E-state index is -0.483. The highest BCUT2D eigenvalue weighted by molar-refractivity contribution is 5.89. The summed E-state index contributed by atoms with van der Waals surface area (Å²) < 4.78 is 13.5. The summed E-state index contributed by atoms with van der Waals surface area (Å²) in [6, 6.07) is 11.3. The van der Waals surface area contributed by atoms with Crippen molar-refractivity contribution in [1.82, 2.24) is 0 Å². The highest BCUT2D eigenvalue weighted by atomic mass is 19.1. The Labute approximate surface area is 116 Å². The summed E-state index contributed by atoms with van der Waals surface area (Å²) in [6.45, 7) is 1.81. The molecular formula is C15H15FN2O2. The first-order valence-corrected chi connectivity index (χ1v) is 6.13. The van der Waals surface area contributed by atoms with Crippen molar-refractivity contribution in [3.63, 3.8) is 0 Å². The number of carbonyl (C=O) groups is 1. The average Bonchev–Trinajstić information content (AvgIpc) is 2.39. The Balaban J connectivity index is 2.08. The van der Waals surface area contributed by atoms with Crippen LogP contribution in [0.25, 0.3) is 0 Å². The second kappa shape index (κ2) is 6.06. The molecule has 0 bridgehead atoms. The van der Waals surface area contributed by atoms with Crippen LogP contribution in [0, 0.1) is 5.82 Å². The van der Waals surface area contributed by atoms with Gasteiger partial charge in [-0.05, 0) is 35.9 Å². The fourth-order valence-electron chi connectivity index (χ4n) is 1.79. The molecule has 0 fully saturated rings. The van der Waals surface area contributed by atoms with Gasteiger partial charge in [0.1, 0.15) is 11.6 Å². The van der Waals surface area contributed by atoms with Gasteiger partial charge in [-0.25, -0.2) is 4.39 Å². The van der Waals surface area contributed by atoms with Crippen molar-refractivity contribution in [3.8, 4) is 5.75 Å². The molecule has 3 N–H and O–H groups in total. The molecule has 0 saturated carbocycles. The van der Waals surface area contributed by atoms with E-state index in [9.17, 15) is 14.3 Å². The van der Waals surface area contributed by atoms with Gasteiger partial charge in [0, 0.05) is 19.2 Å². The number of halogens is 1. The molecule has 20 heavy (non-hydrogen) atoms. The molecule has 0 aliphatic heterocycles. The molecule has 0 aliphatic rings. The van der Waals surface area contributed by atoms with Crippen LogP contribution in [0.3, 0.4) is 0 Å². The van der Waals surface area contributed by atoms with Crippen molar-refractivity contribution in [1.29, 1.82) is 0 Å². The zero-order chi connectivity index (χ0) is 14.5. The predicted molar refractivity (Wildman–Crippen MR) is 76.1 cm³/mol. The molecule has 0 heterocycles. The zero-order valence-corrected chi connectivity index (χ0v) is 11.0. The van der Waals surface area contributed by atoms with Gasteiger partial charge in [0.2, 0.25) is 5.91 Å². The lowest BCUT2D eigenvalue weighted by atomic mass is 10.2. The number of phenols is 1. The van der Waals surface area contributed by atoms with Crippen molar-refractivity contribution in [3.05, 3.63) is 53.8 Å². The normalized spacial score (nSPS) is 10.1. The van der Waals surface area contributed by atoms with Crippen molar-refractivity contribution >= 4 is 17.3 Å². The van der Waals surface area contributed by atoms with Gasteiger partial charge in [-0.1, -0.05) is 12.1 Å². The molecule has 0 unspecified atom stereocenters. The molecule has 104 valence electrons. The van der Waals surface area contributed by atoms with E-state index in [0.717, 1.165) is 5.56 Å². The first-order valence-electron chi connectivity index (χ1n) is 6.13. The van der Waals surface area contributed by atoms with Crippen LogP contribution < -0.4 is 10.6 Å². The van der Waals surface area contributed by atoms with Crippen molar-refractivity contribution in [2.24, 2.45) is 0 Å². The molecule has 0 saturated heterocycles. The van der Waals surface area contributed by atoms with Gasteiger partial charge < -0.3 is 15.7 Å². The average molecular weight is 274 g/mol. The standard InChI is InChI=1S/C15H15FN2O2/c1-10(19)18-15-8-12(5-6-14(15)16)17-9-11-3-2-4-13(20)7-11/h2-8,17,20H,9H2,1H3,(H,18,19). The van der Waals surface area contributed by atoms with Gasteiger partial charge in [0.05, 0.1) is 5.69 Å². The molecule has 0 aromatic heterocycles. The number of nitrogens with one attached hydrogen (secondary N) is 2. The minimum absolute atomic E-state index is 0.137. The number of amides is 1. The van der Waals surface area contributed by atoms with Crippen LogP contribution in [0.4, 0.5) is 15.8 Å². The van der Waals surface area contributed by atoms with Gasteiger partial charge in [-0.3, -0.25) is 4.79 Å². The topological polar surface area (TPSA) is 61.4 Å². The number of aromatic hydroxyl groups is 1. The second-order valence-corrected chi connectivity index (χ2v) is 4.40. The lowest BCUT2D eigenvalue weighted by Gasteiger charge is -2.10. The second-order valence-electron chi connectivity index (χ2n) is 4.40. The maximum atomic E-state index is 13.5. The Hall–Kier alpha value is -2.56. The molecule has 0 aliphatic carbocycles. The van der Waals surface area contributed by atoms with Crippen molar-refractivity contribution in [2.75, 3.05) is 10.6 Å². The Morgan fingerprint density at radius 1 is 1.25 bits per heavy atom. The SMILES string of the molecule is CC(=O)Nc1cc(NCc2cccc(O)c2)ccc1F. The van der Waals surface area contributed by atoms with E-state index in [2.05, 4.69) is 10.6 Å². The summed E-state index contributed by atoms with van der Waals surface area (Å²) in [5.74, 6) is -0.612. The predicted octanol–water partition coefficient (Wildman–Crippen LogP) is 3.10. The van der Waals surface area contributed by atoms with Gasteiger partial charge in [0.25, 0.3) is 0 Å². The quantitative estimate of drug-likeness (QED) is 0.802. The Kier molecular flexibility index (Phi) is 4.20. The smallest absolute Gasteiger partial charge is 0.221 e. The third kappa shape index (κ3) is 3.71. The van der Waals surface area contributed by atoms with E-state index in [1.54, 1.807) is 24.3 Å². The van der Waals surface area contributed by atoms with Crippen LogP contribution in [0.15, 0.2) is 42.5 Å². The van der Waals surface area contributed by atoms with Gasteiger partial charge in [-0.2, -0.15) is 0 Å². The van der Waals surface area contributed by atoms with Crippen molar-refractivity contribution < 1.29 is 14.3 Å². The fourth-order valence-corrected chi connectivity index (χ4v) is 1.79. The third-order valence-corrected chi connectivity index (χ3v) is 2.68. The number of carbonyl (C=O) groups excluding carboxylic acids is 1. The molecular weight excluding hydrogens is 259 g/mol. The molecule has 2 rings (SSSR count). The third-order valence-electron chi connectivity index (χ3n) is 2.68. The monoisotopic (exact) mass is 274 g/mol. The molecule has 2 aromatic rings. The summed E-state index contributed by atoms with van der Waals surface area (Å²) in [7, 11) is 0. The van der Waals surface area contributed by atoms with E-state index in [1.807, 2.05) is 6.07 Å². The minimum Gasteiger partial charge on any atom is -0.508 e. The van der Waals surface area contributed by atoms with Gasteiger partial charge in [0.15, 0.2) is 0 Å². The van der Waals surface area contributed by atoms with Crippen LogP contribution in [0.1, 0.15) is 12.5 Å². The summed E-state index contributed by atoms with van der Waals surface area (Å²) in [6.07, 6.45) is 0. The van der Waals surface area contributed by atoms with Gasteiger partial charge >= 0.3 is 0 Å². The van der Waals surface area contributed by atoms with Gasteiger partial charge in [-0.15, -0.1) is 0 Å². The molecule has 0 spiro atoms. The lowest BCUT2D eigenvalue weighted by molar-refractivity contribution is -0.114. The van der Waals surface area contributed by atoms with E-state index in [4.69, 9.17) is 0 Å². The molecule has 4 nitrogen and oxygen atoms in total. The van der Waals surface area contributed by atoms with E-state index in [-0.39, 0.29) is 17.3 Å². The number of hydrogen-bond acceptors (Lipinski definition) is 3. The highest BCUT2D eigenvalue weighted by Crippen LogP contribution is 2.20. The first kappa shape index (κ1) is 13.9. The maximum Gasteiger partial charge on any atom is 0.221 e. The Morgan fingerprint density at radius 2 is 2.05 bits per heavy atom. The Morgan fingerprint density at radius 3 is 2.75 bits per heavy atom. The van der Waals surface area contributed by atoms with Crippen LogP contribution in [0.2, 0.25) is 0 Å². The number of phenolic OH excluding ortho intramolecular Hbond substituents is 1. The molecule has 0 radical (unpaired) electrons. The number of benzene rings is 2. The molecule has 5 heteroatoms. The maximum absolute atomic E-state index is 13.5. The van der Waals surface area contributed by atoms with E-state index in [1.165, 1.54) is 19.1 Å². The first-order chi connectivity index (χ1) is 9.54. The number of hydrogen-bond donors (Lipinski definition) is 3. The summed E-state index contributed by atoms with van der Waals surface area (Å²) in [4.78, 5) is 11.0. The van der Waals surface area contributed by atoms with Crippen LogP contribution >= 0.6 is 0 Å². The summed E-state index contributed by atoms with van der Waals surface area (Å²) in [5.41, 5.74) is 1.72. The molecule has 1 amide bonds. The van der Waals surface area contributed by atoms with E-state index < -0.39 is 5.82 Å². The zero-order valence-electron chi connectivity index (χ0n) is 11.0. The van der Waals surface area contributed by atoms with Crippen molar-refractivity contribution in [2.45, 2.75) is 13.5 Å². The van der Waals surface area contributed by atoms with Crippen LogP contribution in [0.5, 0.6) is 5.75 Å².